The maximum atomic E-state index is 8.77. The van der Waals surface area contributed by atoms with Gasteiger partial charge in [0.05, 0.1) is 19.3 Å². The fourth-order valence-corrected chi connectivity index (χ4v) is 1.74. The summed E-state index contributed by atoms with van der Waals surface area (Å²) in [6, 6.07) is 0. The molecule has 2 aliphatic heterocycles. The van der Waals surface area contributed by atoms with Crippen LogP contribution in [0.15, 0.2) is 0 Å². The zero-order valence-electron chi connectivity index (χ0n) is 6.38. The van der Waals surface area contributed by atoms with Crippen LogP contribution in [-0.4, -0.2) is 37.5 Å². The van der Waals surface area contributed by atoms with Crippen molar-refractivity contribution >= 4 is 12.4 Å². The van der Waals surface area contributed by atoms with Crippen LogP contribution >= 0.6 is 12.4 Å². The maximum absolute atomic E-state index is 8.77. The molecule has 2 aliphatic rings. The molecule has 0 radical (unpaired) electrons. The number of hydrogen-bond acceptors (Lipinski definition) is 3. The van der Waals surface area contributed by atoms with E-state index in [1.165, 1.54) is 0 Å². The molecule has 0 bridgehead atoms. The van der Waals surface area contributed by atoms with Crippen LogP contribution in [0.5, 0.6) is 0 Å². The van der Waals surface area contributed by atoms with Crippen molar-refractivity contribution in [1.29, 1.82) is 0 Å². The lowest BCUT2D eigenvalue weighted by Gasteiger charge is -2.37. The van der Waals surface area contributed by atoms with Crippen LogP contribution in [0.1, 0.15) is 6.42 Å². The summed E-state index contributed by atoms with van der Waals surface area (Å²) in [4.78, 5) is 0. The van der Waals surface area contributed by atoms with E-state index in [2.05, 4.69) is 5.32 Å². The summed E-state index contributed by atoms with van der Waals surface area (Å²) in [5.74, 6) is 0. The van der Waals surface area contributed by atoms with E-state index in [1.54, 1.807) is 0 Å². The smallest absolute Gasteiger partial charge is 0.0813 e. The molecule has 0 aromatic heterocycles. The topological polar surface area (TPSA) is 41.5 Å². The summed E-state index contributed by atoms with van der Waals surface area (Å²) in [5, 5.41) is 12.0. The van der Waals surface area contributed by atoms with Gasteiger partial charge >= 0.3 is 0 Å². The highest BCUT2D eigenvalue weighted by atomic mass is 35.5. The van der Waals surface area contributed by atoms with E-state index in [0.29, 0.717) is 5.41 Å². The number of aliphatic hydroxyl groups is 1. The fourth-order valence-electron chi connectivity index (χ4n) is 1.74. The van der Waals surface area contributed by atoms with E-state index < -0.39 is 0 Å². The summed E-state index contributed by atoms with van der Waals surface area (Å²) in [6.07, 6.45) is 1.15. The van der Waals surface area contributed by atoms with Crippen molar-refractivity contribution in [3.63, 3.8) is 0 Å². The third-order valence-corrected chi connectivity index (χ3v) is 2.49. The monoisotopic (exact) mass is 179 g/mol. The number of aliphatic hydroxyl groups excluding tert-OH is 1. The molecule has 0 saturated carbocycles. The molecule has 3 nitrogen and oxygen atoms in total. The molecule has 2 saturated heterocycles. The van der Waals surface area contributed by atoms with Crippen LogP contribution in [0, 0.1) is 5.41 Å². The summed E-state index contributed by atoms with van der Waals surface area (Å²) in [5.41, 5.74) is 0.396. The molecule has 0 aromatic rings. The van der Waals surface area contributed by atoms with Crippen molar-refractivity contribution in [2.75, 3.05) is 26.3 Å². The molecule has 1 spiro atoms. The highest BCUT2D eigenvalue weighted by Gasteiger charge is 2.44. The molecule has 2 heterocycles. The van der Waals surface area contributed by atoms with Gasteiger partial charge in [0.1, 0.15) is 0 Å². The van der Waals surface area contributed by atoms with Crippen molar-refractivity contribution in [2.45, 2.75) is 12.5 Å². The van der Waals surface area contributed by atoms with E-state index >= 15 is 0 Å². The first-order valence-electron chi connectivity index (χ1n) is 3.78. The number of hydrogen-bond donors (Lipinski definition) is 2. The quantitative estimate of drug-likeness (QED) is 0.585. The molecule has 11 heavy (non-hydrogen) atoms. The van der Waals surface area contributed by atoms with Gasteiger partial charge < -0.3 is 15.2 Å². The Balaban J connectivity index is 0.000000605. The van der Waals surface area contributed by atoms with E-state index in [4.69, 9.17) is 9.84 Å². The third-order valence-electron chi connectivity index (χ3n) is 2.49. The van der Waals surface area contributed by atoms with Crippen molar-refractivity contribution in [2.24, 2.45) is 5.41 Å². The van der Waals surface area contributed by atoms with Crippen LogP contribution in [0.25, 0.3) is 0 Å². The lowest BCUT2D eigenvalue weighted by atomic mass is 9.80. The van der Waals surface area contributed by atoms with E-state index in [0.717, 1.165) is 26.1 Å². The molecule has 4 heteroatoms. The van der Waals surface area contributed by atoms with E-state index in [-0.39, 0.29) is 25.1 Å². The van der Waals surface area contributed by atoms with Crippen LogP contribution in [-0.2, 0) is 4.74 Å². The number of ether oxygens (including phenoxy) is 1. The van der Waals surface area contributed by atoms with E-state index in [1.807, 2.05) is 0 Å². The average Bonchev–Trinajstić information content (AvgIpc) is 2.29. The second-order valence-corrected chi connectivity index (χ2v) is 3.42. The van der Waals surface area contributed by atoms with Crippen LogP contribution in [0.3, 0.4) is 0 Å². The predicted octanol–water partition coefficient (Wildman–Crippen LogP) is -0.221. The standard InChI is InChI=1S/C7H13NO2.ClH/c9-2-6-1-7(5-10-6)3-8-4-7;/h6,8-9H,1-5H2;1H. The van der Waals surface area contributed by atoms with Gasteiger partial charge in [-0.15, -0.1) is 12.4 Å². The fraction of sp³-hybridized carbons (Fsp3) is 1.00. The molecular weight excluding hydrogens is 166 g/mol. The Morgan fingerprint density at radius 2 is 2.27 bits per heavy atom. The van der Waals surface area contributed by atoms with Gasteiger partial charge in [0.25, 0.3) is 0 Å². The van der Waals surface area contributed by atoms with Crippen molar-refractivity contribution < 1.29 is 9.84 Å². The van der Waals surface area contributed by atoms with Gasteiger partial charge in [-0.05, 0) is 6.42 Å². The molecule has 2 N–H and O–H groups in total. The Morgan fingerprint density at radius 1 is 1.55 bits per heavy atom. The molecule has 0 amide bonds. The molecule has 2 fully saturated rings. The van der Waals surface area contributed by atoms with Crippen molar-refractivity contribution in [3.8, 4) is 0 Å². The molecule has 2 rings (SSSR count). The average molecular weight is 180 g/mol. The number of nitrogens with one attached hydrogen (secondary N) is 1. The molecule has 0 aliphatic carbocycles. The van der Waals surface area contributed by atoms with Crippen molar-refractivity contribution in [3.05, 3.63) is 0 Å². The van der Waals surface area contributed by atoms with Gasteiger partial charge in [0.15, 0.2) is 0 Å². The molecule has 1 atom stereocenters. The Bertz CT molecular complexity index is 138. The second-order valence-electron chi connectivity index (χ2n) is 3.42. The predicted molar refractivity (Wildman–Crippen MR) is 44.0 cm³/mol. The zero-order chi connectivity index (χ0) is 7.03. The van der Waals surface area contributed by atoms with Gasteiger partial charge in [-0.25, -0.2) is 0 Å². The molecular formula is C7H14ClNO2. The second kappa shape index (κ2) is 3.27. The molecule has 66 valence electrons. The highest BCUT2D eigenvalue weighted by Crippen LogP contribution is 2.35. The van der Waals surface area contributed by atoms with Gasteiger partial charge in [-0.1, -0.05) is 0 Å². The van der Waals surface area contributed by atoms with Gasteiger partial charge in [-0.2, -0.15) is 0 Å². The number of halogens is 1. The molecule has 1 unspecified atom stereocenters. The Morgan fingerprint density at radius 3 is 2.55 bits per heavy atom. The lowest BCUT2D eigenvalue weighted by molar-refractivity contribution is 0.0474. The Hall–Kier alpha value is 0.170. The minimum Gasteiger partial charge on any atom is -0.394 e. The van der Waals surface area contributed by atoms with Gasteiger partial charge in [0.2, 0.25) is 0 Å². The van der Waals surface area contributed by atoms with E-state index in [9.17, 15) is 0 Å². The first kappa shape index (κ1) is 9.26. The summed E-state index contributed by atoms with van der Waals surface area (Å²) in [6.45, 7) is 3.17. The minimum atomic E-state index is 0. The number of rotatable bonds is 1. The van der Waals surface area contributed by atoms with Crippen molar-refractivity contribution in [1.82, 2.24) is 5.32 Å². The zero-order valence-corrected chi connectivity index (χ0v) is 7.19. The Labute approximate surface area is 72.5 Å². The van der Waals surface area contributed by atoms with Crippen LogP contribution in [0.2, 0.25) is 0 Å². The summed E-state index contributed by atoms with van der Waals surface area (Å²) in [7, 11) is 0. The lowest BCUT2D eigenvalue weighted by Crippen LogP contribution is -2.53. The van der Waals surface area contributed by atoms with Gasteiger partial charge in [-0.3, -0.25) is 0 Å². The first-order chi connectivity index (χ1) is 4.85. The SMILES string of the molecule is Cl.OCC1CC2(CNC2)CO1. The maximum Gasteiger partial charge on any atom is 0.0813 e. The summed E-state index contributed by atoms with van der Waals surface area (Å²) < 4.78 is 5.37. The largest absolute Gasteiger partial charge is 0.394 e. The third kappa shape index (κ3) is 1.51. The molecule has 0 aromatic carbocycles. The van der Waals surface area contributed by atoms with Crippen LogP contribution < -0.4 is 5.32 Å². The first-order valence-corrected chi connectivity index (χ1v) is 3.78. The van der Waals surface area contributed by atoms with Crippen LogP contribution in [0.4, 0.5) is 0 Å². The summed E-state index contributed by atoms with van der Waals surface area (Å²) >= 11 is 0. The normalized spacial score (nSPS) is 33.0. The minimum absolute atomic E-state index is 0. The van der Waals surface area contributed by atoms with Gasteiger partial charge in [0, 0.05) is 18.5 Å². The highest BCUT2D eigenvalue weighted by molar-refractivity contribution is 5.85. The Kier molecular flexibility index (Phi) is 2.75.